The highest BCUT2D eigenvalue weighted by Gasteiger charge is 2.07. The van der Waals surface area contributed by atoms with E-state index in [4.69, 9.17) is 16.7 Å². The third-order valence-electron chi connectivity index (χ3n) is 1.45. The van der Waals surface area contributed by atoms with Gasteiger partial charge in [-0.1, -0.05) is 11.6 Å². The molecule has 1 amide bonds. The third kappa shape index (κ3) is 3.34. The molecule has 0 saturated heterocycles. The molecule has 13 heavy (non-hydrogen) atoms. The number of aliphatic hydroxyl groups is 1. The lowest BCUT2D eigenvalue weighted by Gasteiger charge is -2.04. The summed E-state index contributed by atoms with van der Waals surface area (Å²) in [4.78, 5) is 11.9. The monoisotopic (exact) mass is 219 g/mol. The topological polar surface area (TPSA) is 49.3 Å². The van der Waals surface area contributed by atoms with E-state index in [0.717, 1.165) is 4.88 Å². The SMILES string of the molecule is C[C@@H](O)C(=O)NCc1ccc(Cl)s1. The Hall–Kier alpha value is -0.580. The van der Waals surface area contributed by atoms with Crippen LogP contribution < -0.4 is 5.32 Å². The molecular weight excluding hydrogens is 210 g/mol. The van der Waals surface area contributed by atoms with Crippen molar-refractivity contribution in [2.24, 2.45) is 0 Å². The molecule has 0 aliphatic rings. The second-order valence-electron chi connectivity index (χ2n) is 2.60. The van der Waals surface area contributed by atoms with E-state index in [0.29, 0.717) is 10.9 Å². The van der Waals surface area contributed by atoms with Crippen molar-refractivity contribution in [2.75, 3.05) is 0 Å². The number of thiophene rings is 1. The second-order valence-corrected chi connectivity index (χ2v) is 4.40. The van der Waals surface area contributed by atoms with Crippen LogP contribution in [0.3, 0.4) is 0 Å². The zero-order valence-corrected chi connectivity index (χ0v) is 8.65. The zero-order valence-electron chi connectivity index (χ0n) is 7.08. The molecule has 1 rings (SSSR count). The third-order valence-corrected chi connectivity index (χ3v) is 2.68. The van der Waals surface area contributed by atoms with E-state index >= 15 is 0 Å². The van der Waals surface area contributed by atoms with Gasteiger partial charge in [0, 0.05) is 4.88 Å². The minimum Gasteiger partial charge on any atom is -0.384 e. The van der Waals surface area contributed by atoms with E-state index in [1.54, 1.807) is 6.07 Å². The molecule has 0 aliphatic carbocycles. The Bertz CT molecular complexity index is 298. The first-order valence-electron chi connectivity index (χ1n) is 3.79. The van der Waals surface area contributed by atoms with Crippen molar-refractivity contribution in [3.05, 3.63) is 21.3 Å². The molecule has 1 aromatic rings. The van der Waals surface area contributed by atoms with Crippen LogP contribution in [0, 0.1) is 0 Å². The Morgan fingerprint density at radius 1 is 1.77 bits per heavy atom. The van der Waals surface area contributed by atoms with Gasteiger partial charge in [0.2, 0.25) is 5.91 Å². The van der Waals surface area contributed by atoms with E-state index in [2.05, 4.69) is 5.32 Å². The van der Waals surface area contributed by atoms with Gasteiger partial charge >= 0.3 is 0 Å². The number of aliphatic hydroxyl groups excluding tert-OH is 1. The largest absolute Gasteiger partial charge is 0.384 e. The molecule has 2 N–H and O–H groups in total. The number of hydrogen-bond acceptors (Lipinski definition) is 3. The van der Waals surface area contributed by atoms with Crippen molar-refractivity contribution in [3.63, 3.8) is 0 Å². The second kappa shape index (κ2) is 4.60. The fourth-order valence-electron chi connectivity index (χ4n) is 0.769. The normalized spacial score (nSPS) is 12.5. The van der Waals surface area contributed by atoms with Crippen LogP contribution in [-0.2, 0) is 11.3 Å². The first-order valence-corrected chi connectivity index (χ1v) is 4.99. The maximum Gasteiger partial charge on any atom is 0.248 e. The maximum atomic E-state index is 10.9. The lowest BCUT2D eigenvalue weighted by atomic mass is 10.3. The van der Waals surface area contributed by atoms with Gasteiger partial charge in [-0.15, -0.1) is 11.3 Å². The van der Waals surface area contributed by atoms with E-state index in [1.165, 1.54) is 18.3 Å². The Balaban J connectivity index is 2.39. The summed E-state index contributed by atoms with van der Waals surface area (Å²) in [6.45, 7) is 1.85. The van der Waals surface area contributed by atoms with Crippen LogP contribution in [-0.4, -0.2) is 17.1 Å². The predicted octanol–water partition coefficient (Wildman–Crippen LogP) is 1.40. The van der Waals surface area contributed by atoms with Crippen LogP contribution in [0.2, 0.25) is 4.34 Å². The number of amides is 1. The molecular formula is C8H10ClNO2S. The summed E-state index contributed by atoms with van der Waals surface area (Å²) in [5.74, 6) is -0.371. The lowest BCUT2D eigenvalue weighted by molar-refractivity contribution is -0.128. The molecule has 5 heteroatoms. The molecule has 1 atom stereocenters. The number of carbonyl (C=O) groups excluding carboxylic acids is 1. The molecule has 1 heterocycles. The fourth-order valence-corrected chi connectivity index (χ4v) is 1.80. The average molecular weight is 220 g/mol. The Morgan fingerprint density at radius 2 is 2.46 bits per heavy atom. The lowest BCUT2D eigenvalue weighted by Crippen LogP contribution is -2.31. The Labute approximate surface area is 85.3 Å². The molecule has 0 radical (unpaired) electrons. The van der Waals surface area contributed by atoms with Crippen LogP contribution in [0.4, 0.5) is 0 Å². The van der Waals surface area contributed by atoms with Gasteiger partial charge in [0.05, 0.1) is 10.9 Å². The average Bonchev–Trinajstić information content (AvgIpc) is 2.47. The molecule has 72 valence electrons. The van der Waals surface area contributed by atoms with Crippen molar-refractivity contribution in [3.8, 4) is 0 Å². The standard InChI is InChI=1S/C8H10ClNO2S/c1-5(11)8(12)10-4-6-2-3-7(9)13-6/h2-3,5,11H,4H2,1H3,(H,10,12)/t5-/m1/s1. The number of hydrogen-bond donors (Lipinski definition) is 2. The van der Waals surface area contributed by atoms with Gasteiger partial charge in [-0.25, -0.2) is 0 Å². The Kier molecular flexibility index (Phi) is 3.71. The Morgan fingerprint density at radius 3 is 2.92 bits per heavy atom. The fraction of sp³-hybridized carbons (Fsp3) is 0.375. The minimum absolute atomic E-state index is 0.371. The summed E-state index contributed by atoms with van der Waals surface area (Å²) < 4.78 is 0.696. The number of carbonyl (C=O) groups is 1. The first kappa shape index (κ1) is 10.5. The van der Waals surface area contributed by atoms with Crippen molar-refractivity contribution in [2.45, 2.75) is 19.6 Å². The van der Waals surface area contributed by atoms with Gasteiger partial charge in [-0.2, -0.15) is 0 Å². The summed E-state index contributed by atoms with van der Waals surface area (Å²) in [7, 11) is 0. The first-order chi connectivity index (χ1) is 6.09. The van der Waals surface area contributed by atoms with Crippen molar-refractivity contribution in [1.82, 2.24) is 5.32 Å². The highest BCUT2D eigenvalue weighted by Crippen LogP contribution is 2.20. The number of rotatable bonds is 3. The molecule has 0 bridgehead atoms. The van der Waals surface area contributed by atoms with Crippen molar-refractivity contribution in [1.29, 1.82) is 0 Å². The van der Waals surface area contributed by atoms with Crippen LogP contribution in [0.1, 0.15) is 11.8 Å². The summed E-state index contributed by atoms with van der Waals surface area (Å²) >= 11 is 7.11. The van der Waals surface area contributed by atoms with Crippen LogP contribution in [0.15, 0.2) is 12.1 Å². The van der Waals surface area contributed by atoms with Gasteiger partial charge in [0.15, 0.2) is 0 Å². The molecule has 3 nitrogen and oxygen atoms in total. The summed E-state index contributed by atoms with van der Waals surface area (Å²) in [5.41, 5.74) is 0. The molecule has 0 aliphatic heterocycles. The molecule has 0 saturated carbocycles. The van der Waals surface area contributed by atoms with Gasteiger partial charge in [-0.3, -0.25) is 4.79 Å². The van der Waals surface area contributed by atoms with Gasteiger partial charge in [-0.05, 0) is 19.1 Å². The smallest absolute Gasteiger partial charge is 0.248 e. The summed E-state index contributed by atoms with van der Waals surface area (Å²) in [5, 5.41) is 11.4. The van der Waals surface area contributed by atoms with E-state index in [-0.39, 0.29) is 5.91 Å². The van der Waals surface area contributed by atoms with Gasteiger partial charge in [0.25, 0.3) is 0 Å². The summed E-state index contributed by atoms with van der Waals surface area (Å²) in [6.07, 6.45) is -0.963. The van der Waals surface area contributed by atoms with Crippen LogP contribution >= 0.6 is 22.9 Å². The molecule has 0 fully saturated rings. The molecule has 1 aromatic heterocycles. The van der Waals surface area contributed by atoms with Gasteiger partial charge in [0.1, 0.15) is 6.10 Å². The highest BCUT2D eigenvalue weighted by molar-refractivity contribution is 7.16. The van der Waals surface area contributed by atoms with Crippen molar-refractivity contribution < 1.29 is 9.90 Å². The number of halogens is 1. The van der Waals surface area contributed by atoms with Crippen LogP contribution in [0.25, 0.3) is 0 Å². The molecule has 0 aromatic carbocycles. The minimum atomic E-state index is -0.963. The van der Waals surface area contributed by atoms with Gasteiger partial charge < -0.3 is 10.4 Å². The number of nitrogens with one attached hydrogen (secondary N) is 1. The van der Waals surface area contributed by atoms with E-state index < -0.39 is 6.10 Å². The van der Waals surface area contributed by atoms with Crippen LogP contribution in [0.5, 0.6) is 0 Å². The molecule has 0 spiro atoms. The maximum absolute atomic E-state index is 10.9. The van der Waals surface area contributed by atoms with E-state index in [9.17, 15) is 4.79 Å². The predicted molar refractivity (Wildman–Crippen MR) is 52.9 cm³/mol. The quantitative estimate of drug-likeness (QED) is 0.808. The highest BCUT2D eigenvalue weighted by atomic mass is 35.5. The zero-order chi connectivity index (χ0) is 9.84. The molecule has 0 unspecified atom stereocenters. The summed E-state index contributed by atoms with van der Waals surface area (Å²) in [6, 6.07) is 3.62. The van der Waals surface area contributed by atoms with E-state index in [1.807, 2.05) is 6.07 Å². The van der Waals surface area contributed by atoms with Crippen molar-refractivity contribution >= 4 is 28.8 Å².